The minimum absolute atomic E-state index is 0.172. The van der Waals surface area contributed by atoms with Crippen molar-refractivity contribution in [3.63, 3.8) is 0 Å². The first kappa shape index (κ1) is 12.7. The highest BCUT2D eigenvalue weighted by Crippen LogP contribution is 2.31. The van der Waals surface area contributed by atoms with Gasteiger partial charge in [0.05, 0.1) is 12.2 Å². The fourth-order valence-corrected chi connectivity index (χ4v) is 2.27. The number of hydrogen-bond acceptors (Lipinski definition) is 3. The van der Waals surface area contributed by atoms with Gasteiger partial charge in [0.2, 0.25) is 0 Å². The Labute approximate surface area is 103 Å². The van der Waals surface area contributed by atoms with Crippen molar-refractivity contribution in [1.29, 1.82) is 0 Å². The maximum Gasteiger partial charge on any atom is 0.410 e. The summed E-state index contributed by atoms with van der Waals surface area (Å²) in [6.45, 7) is 7.31. The van der Waals surface area contributed by atoms with Gasteiger partial charge in [0.1, 0.15) is 5.60 Å². The van der Waals surface area contributed by atoms with Crippen LogP contribution in [0.2, 0.25) is 0 Å². The first-order valence-electron chi connectivity index (χ1n) is 6.59. The highest BCUT2D eigenvalue weighted by molar-refractivity contribution is 5.68. The van der Waals surface area contributed by atoms with Gasteiger partial charge in [-0.2, -0.15) is 0 Å². The molecule has 0 radical (unpaired) electrons. The van der Waals surface area contributed by atoms with Crippen molar-refractivity contribution in [2.75, 3.05) is 13.1 Å². The fourth-order valence-electron chi connectivity index (χ4n) is 2.27. The molecule has 0 aromatic heterocycles. The lowest BCUT2D eigenvalue weighted by Gasteiger charge is -2.27. The molecule has 98 valence electrons. The first-order valence-corrected chi connectivity index (χ1v) is 6.59. The van der Waals surface area contributed by atoms with Crippen molar-refractivity contribution >= 4 is 6.09 Å². The summed E-state index contributed by atoms with van der Waals surface area (Å²) in [5.74, 6) is 0. The Morgan fingerprint density at radius 2 is 1.71 bits per heavy atom. The van der Waals surface area contributed by atoms with Crippen molar-refractivity contribution in [2.24, 2.45) is 0 Å². The van der Waals surface area contributed by atoms with Gasteiger partial charge in [0.15, 0.2) is 0 Å². The summed E-state index contributed by atoms with van der Waals surface area (Å²) in [6.07, 6.45) is 4.94. The summed E-state index contributed by atoms with van der Waals surface area (Å²) in [7, 11) is 0. The van der Waals surface area contributed by atoms with E-state index in [0.29, 0.717) is 12.2 Å². The number of epoxide rings is 1. The van der Waals surface area contributed by atoms with E-state index in [1.807, 2.05) is 25.7 Å². The summed E-state index contributed by atoms with van der Waals surface area (Å²) in [6, 6.07) is 0. The van der Waals surface area contributed by atoms with Gasteiger partial charge in [-0.05, 0) is 46.5 Å². The summed E-state index contributed by atoms with van der Waals surface area (Å²) in [4.78, 5) is 13.8. The van der Waals surface area contributed by atoms with E-state index < -0.39 is 5.60 Å². The standard InChI is InChI=1S/C13H23NO3/c1-13(2,3)17-12(15)14-8-4-6-10-11(16-10)7-5-9-14/h10-11H,4-9H2,1-3H3/t10-,11+. The number of fused-ring (bicyclic) bond motifs is 1. The van der Waals surface area contributed by atoms with Crippen molar-refractivity contribution in [3.8, 4) is 0 Å². The second-order valence-electron chi connectivity index (χ2n) is 5.96. The summed E-state index contributed by atoms with van der Waals surface area (Å²) in [5.41, 5.74) is -0.402. The van der Waals surface area contributed by atoms with Crippen LogP contribution in [0.25, 0.3) is 0 Å². The van der Waals surface area contributed by atoms with E-state index in [1.165, 1.54) is 0 Å². The summed E-state index contributed by atoms with van der Waals surface area (Å²) < 4.78 is 10.9. The lowest BCUT2D eigenvalue weighted by Crippen LogP contribution is -2.38. The van der Waals surface area contributed by atoms with E-state index in [0.717, 1.165) is 38.8 Å². The minimum Gasteiger partial charge on any atom is -0.444 e. The highest BCUT2D eigenvalue weighted by atomic mass is 16.6. The third kappa shape index (κ3) is 3.87. The number of amides is 1. The van der Waals surface area contributed by atoms with Crippen molar-refractivity contribution in [2.45, 2.75) is 64.3 Å². The summed E-state index contributed by atoms with van der Waals surface area (Å²) in [5, 5.41) is 0. The van der Waals surface area contributed by atoms with Crippen molar-refractivity contribution < 1.29 is 14.3 Å². The number of nitrogens with zero attached hydrogens (tertiary/aromatic N) is 1. The smallest absolute Gasteiger partial charge is 0.410 e. The molecule has 0 aromatic rings. The molecule has 0 spiro atoms. The molecule has 0 aromatic carbocycles. The zero-order valence-electron chi connectivity index (χ0n) is 11.1. The van der Waals surface area contributed by atoms with Crippen LogP contribution in [0.15, 0.2) is 0 Å². The molecule has 4 heteroatoms. The van der Waals surface area contributed by atoms with Crippen LogP contribution in [0, 0.1) is 0 Å². The molecule has 2 saturated heterocycles. The largest absolute Gasteiger partial charge is 0.444 e. The Hall–Kier alpha value is -0.770. The minimum atomic E-state index is -0.402. The molecule has 0 N–H and O–H groups in total. The molecule has 0 bridgehead atoms. The highest BCUT2D eigenvalue weighted by Gasteiger charge is 2.38. The van der Waals surface area contributed by atoms with Crippen LogP contribution in [-0.2, 0) is 9.47 Å². The van der Waals surface area contributed by atoms with Gasteiger partial charge < -0.3 is 14.4 Å². The quantitative estimate of drug-likeness (QED) is 0.612. The zero-order chi connectivity index (χ0) is 12.5. The number of hydrogen-bond donors (Lipinski definition) is 0. The Balaban J connectivity index is 1.84. The molecule has 1 amide bonds. The zero-order valence-corrected chi connectivity index (χ0v) is 11.1. The average Bonchev–Trinajstić information content (AvgIpc) is 2.91. The molecule has 17 heavy (non-hydrogen) atoms. The number of rotatable bonds is 0. The Morgan fingerprint density at radius 3 is 2.18 bits per heavy atom. The number of carbonyl (C=O) groups is 1. The molecule has 0 unspecified atom stereocenters. The fraction of sp³-hybridized carbons (Fsp3) is 0.923. The second kappa shape index (κ2) is 4.84. The lowest BCUT2D eigenvalue weighted by molar-refractivity contribution is 0.0242. The van der Waals surface area contributed by atoms with E-state index in [-0.39, 0.29) is 6.09 Å². The maximum absolute atomic E-state index is 12.0. The van der Waals surface area contributed by atoms with Gasteiger partial charge in [-0.1, -0.05) is 0 Å². The van der Waals surface area contributed by atoms with Crippen LogP contribution in [0.1, 0.15) is 46.5 Å². The van der Waals surface area contributed by atoms with Crippen molar-refractivity contribution in [1.82, 2.24) is 4.90 Å². The molecule has 2 atom stereocenters. The molecule has 2 rings (SSSR count). The maximum atomic E-state index is 12.0. The predicted octanol–water partition coefficient (Wildman–Crippen LogP) is 2.56. The molecule has 2 heterocycles. The van der Waals surface area contributed by atoms with Crippen LogP contribution in [0.4, 0.5) is 4.79 Å². The Kier molecular flexibility index (Phi) is 3.61. The van der Waals surface area contributed by atoms with Gasteiger partial charge in [-0.3, -0.25) is 0 Å². The average molecular weight is 241 g/mol. The monoisotopic (exact) mass is 241 g/mol. The van der Waals surface area contributed by atoms with Crippen LogP contribution >= 0.6 is 0 Å². The lowest BCUT2D eigenvalue weighted by atomic mass is 10.1. The van der Waals surface area contributed by atoms with E-state index in [1.54, 1.807) is 0 Å². The van der Waals surface area contributed by atoms with Gasteiger partial charge in [0.25, 0.3) is 0 Å². The SMILES string of the molecule is CC(C)(C)OC(=O)N1CCC[C@@H]2O[C@@H]2CCC1. The van der Waals surface area contributed by atoms with E-state index in [2.05, 4.69) is 0 Å². The van der Waals surface area contributed by atoms with E-state index >= 15 is 0 Å². The molecule has 4 nitrogen and oxygen atoms in total. The first-order chi connectivity index (χ1) is 7.96. The third-order valence-electron chi connectivity index (χ3n) is 3.17. The molecule has 0 saturated carbocycles. The molecular weight excluding hydrogens is 218 g/mol. The Bertz CT molecular complexity index is 271. The molecule has 2 aliphatic heterocycles. The molecule has 2 aliphatic rings. The van der Waals surface area contributed by atoms with Crippen LogP contribution in [0.5, 0.6) is 0 Å². The Morgan fingerprint density at radius 1 is 1.18 bits per heavy atom. The topological polar surface area (TPSA) is 42.1 Å². The second-order valence-corrected chi connectivity index (χ2v) is 5.96. The van der Waals surface area contributed by atoms with E-state index in [9.17, 15) is 4.79 Å². The normalized spacial score (nSPS) is 29.7. The van der Waals surface area contributed by atoms with Gasteiger partial charge >= 0.3 is 6.09 Å². The van der Waals surface area contributed by atoms with Crippen LogP contribution < -0.4 is 0 Å². The third-order valence-corrected chi connectivity index (χ3v) is 3.17. The predicted molar refractivity (Wildman–Crippen MR) is 64.9 cm³/mol. The van der Waals surface area contributed by atoms with Gasteiger partial charge in [0, 0.05) is 13.1 Å². The number of ether oxygens (including phenoxy) is 2. The van der Waals surface area contributed by atoms with Crippen molar-refractivity contribution in [3.05, 3.63) is 0 Å². The van der Waals surface area contributed by atoms with Crippen LogP contribution in [0.3, 0.4) is 0 Å². The van der Waals surface area contributed by atoms with E-state index in [4.69, 9.17) is 9.47 Å². The van der Waals surface area contributed by atoms with Gasteiger partial charge in [-0.25, -0.2) is 4.79 Å². The summed E-state index contributed by atoms with van der Waals surface area (Å²) >= 11 is 0. The molecule has 0 aliphatic carbocycles. The molecular formula is C13H23NO3. The van der Waals surface area contributed by atoms with Gasteiger partial charge in [-0.15, -0.1) is 0 Å². The van der Waals surface area contributed by atoms with Crippen LogP contribution in [-0.4, -0.2) is 41.9 Å². The molecule has 2 fully saturated rings. The number of carbonyl (C=O) groups excluding carboxylic acids is 1.